The molecule has 0 fully saturated rings. The zero-order valence-corrected chi connectivity index (χ0v) is 18.4. The first-order chi connectivity index (χ1) is 14.0. The molecule has 150 valence electrons. The molecule has 0 saturated carbocycles. The Morgan fingerprint density at radius 3 is 2.55 bits per heavy atom. The van der Waals surface area contributed by atoms with Gasteiger partial charge in [0.2, 0.25) is 0 Å². The Bertz CT molecular complexity index is 1000. The lowest BCUT2D eigenvalue weighted by Gasteiger charge is -2.15. The third-order valence-electron chi connectivity index (χ3n) is 4.00. The second-order valence-electron chi connectivity index (χ2n) is 6.15. The maximum atomic E-state index is 12.7. The summed E-state index contributed by atoms with van der Waals surface area (Å²) in [5.74, 6) is -0.248. The molecule has 7 heteroatoms. The van der Waals surface area contributed by atoms with Gasteiger partial charge in [-0.25, -0.2) is 4.79 Å². The van der Waals surface area contributed by atoms with E-state index in [-0.39, 0.29) is 12.5 Å². The molecule has 2 aromatic carbocycles. The monoisotopic (exact) mass is 473 g/mol. The topological polar surface area (TPSA) is 64.6 Å². The van der Waals surface area contributed by atoms with Crippen molar-refractivity contribution >= 4 is 44.1 Å². The molecule has 0 aliphatic heterocycles. The Hall–Kier alpha value is -2.64. The minimum Gasteiger partial charge on any atom is -0.481 e. The van der Waals surface area contributed by atoms with Crippen molar-refractivity contribution < 1.29 is 19.1 Å². The van der Waals surface area contributed by atoms with E-state index in [2.05, 4.69) is 21.2 Å². The molecule has 3 rings (SSSR count). The minimum atomic E-state index is -0.748. The van der Waals surface area contributed by atoms with Gasteiger partial charge in [0.25, 0.3) is 5.91 Å². The van der Waals surface area contributed by atoms with Crippen LogP contribution in [0.4, 0.5) is 5.00 Å². The van der Waals surface area contributed by atoms with Gasteiger partial charge in [0.15, 0.2) is 6.10 Å². The summed E-state index contributed by atoms with van der Waals surface area (Å²) in [6.07, 6.45) is -0.748. The Morgan fingerprint density at radius 1 is 1.10 bits per heavy atom. The predicted octanol–water partition coefficient (Wildman–Crippen LogP) is 5.76. The second-order valence-corrected chi connectivity index (χ2v) is 8.11. The van der Waals surface area contributed by atoms with E-state index in [1.165, 1.54) is 11.3 Å². The van der Waals surface area contributed by atoms with Gasteiger partial charge in [-0.05, 0) is 43.7 Å². The van der Waals surface area contributed by atoms with Gasteiger partial charge < -0.3 is 14.8 Å². The van der Waals surface area contributed by atoms with E-state index < -0.39 is 12.1 Å². The molecular weight excluding hydrogens is 454 g/mol. The number of hydrogen-bond donors (Lipinski definition) is 1. The molecule has 1 N–H and O–H groups in total. The van der Waals surface area contributed by atoms with Crippen LogP contribution in [0.15, 0.2) is 65.1 Å². The number of benzene rings is 2. The van der Waals surface area contributed by atoms with Crippen LogP contribution in [0.1, 0.15) is 24.2 Å². The van der Waals surface area contributed by atoms with Crippen LogP contribution in [-0.2, 0) is 9.53 Å². The van der Waals surface area contributed by atoms with Crippen molar-refractivity contribution in [2.75, 3.05) is 11.9 Å². The van der Waals surface area contributed by atoms with Crippen LogP contribution in [0.5, 0.6) is 5.75 Å². The standard InChI is InChI=1S/C22H20BrNO4S/c1-3-27-22(26)18-13-19(15-8-5-4-6-9-15)29-21(18)24-20(25)14(2)28-17-11-7-10-16(23)12-17/h4-14H,3H2,1-2H3,(H,24,25). The van der Waals surface area contributed by atoms with E-state index in [0.29, 0.717) is 16.3 Å². The maximum absolute atomic E-state index is 12.7. The Balaban J connectivity index is 1.81. The van der Waals surface area contributed by atoms with Gasteiger partial charge in [-0.2, -0.15) is 0 Å². The number of nitrogens with one attached hydrogen (secondary N) is 1. The van der Waals surface area contributed by atoms with Crippen LogP contribution >= 0.6 is 27.3 Å². The number of esters is 1. The molecule has 1 heterocycles. The highest BCUT2D eigenvalue weighted by Crippen LogP contribution is 2.36. The zero-order valence-electron chi connectivity index (χ0n) is 16.0. The molecule has 1 atom stereocenters. The number of carbonyl (C=O) groups is 2. The first-order valence-corrected chi connectivity index (χ1v) is 10.7. The molecule has 0 spiro atoms. The molecule has 3 aromatic rings. The Morgan fingerprint density at radius 2 is 1.86 bits per heavy atom. The van der Waals surface area contributed by atoms with Gasteiger partial charge >= 0.3 is 5.97 Å². The number of carbonyl (C=O) groups excluding carboxylic acids is 2. The van der Waals surface area contributed by atoms with Gasteiger partial charge in [0.05, 0.1) is 12.2 Å². The molecule has 0 aliphatic carbocycles. The number of ether oxygens (including phenoxy) is 2. The van der Waals surface area contributed by atoms with Gasteiger partial charge in [0, 0.05) is 9.35 Å². The van der Waals surface area contributed by atoms with Crippen molar-refractivity contribution in [3.8, 4) is 16.2 Å². The summed E-state index contributed by atoms with van der Waals surface area (Å²) in [4.78, 5) is 25.9. The van der Waals surface area contributed by atoms with E-state index in [1.807, 2.05) is 42.5 Å². The van der Waals surface area contributed by atoms with E-state index in [1.54, 1.807) is 32.0 Å². The molecule has 1 amide bonds. The van der Waals surface area contributed by atoms with Crippen molar-refractivity contribution in [3.63, 3.8) is 0 Å². The van der Waals surface area contributed by atoms with Gasteiger partial charge in [-0.3, -0.25) is 4.79 Å². The molecule has 0 radical (unpaired) electrons. The number of rotatable bonds is 7. The van der Waals surface area contributed by atoms with Crippen LogP contribution in [-0.4, -0.2) is 24.6 Å². The third kappa shape index (κ3) is 5.46. The van der Waals surface area contributed by atoms with Crippen LogP contribution in [0.25, 0.3) is 10.4 Å². The number of amides is 1. The zero-order chi connectivity index (χ0) is 20.8. The van der Waals surface area contributed by atoms with E-state index in [0.717, 1.165) is 14.9 Å². The minimum absolute atomic E-state index is 0.255. The Labute approximate surface area is 181 Å². The van der Waals surface area contributed by atoms with E-state index in [9.17, 15) is 9.59 Å². The van der Waals surface area contributed by atoms with Gasteiger partial charge in [-0.1, -0.05) is 52.3 Å². The first-order valence-electron chi connectivity index (χ1n) is 9.07. The summed E-state index contributed by atoms with van der Waals surface area (Å²) < 4.78 is 11.7. The van der Waals surface area contributed by atoms with E-state index in [4.69, 9.17) is 9.47 Å². The van der Waals surface area contributed by atoms with E-state index >= 15 is 0 Å². The predicted molar refractivity (Wildman–Crippen MR) is 119 cm³/mol. The highest BCUT2D eigenvalue weighted by molar-refractivity contribution is 9.10. The lowest BCUT2D eigenvalue weighted by molar-refractivity contribution is -0.122. The summed E-state index contributed by atoms with van der Waals surface area (Å²) in [6.45, 7) is 3.66. The summed E-state index contributed by atoms with van der Waals surface area (Å²) in [5.41, 5.74) is 1.29. The normalized spacial score (nSPS) is 11.6. The quantitative estimate of drug-likeness (QED) is 0.443. The SMILES string of the molecule is CCOC(=O)c1cc(-c2ccccc2)sc1NC(=O)C(C)Oc1cccc(Br)c1. The van der Waals surface area contributed by atoms with Crippen LogP contribution in [0, 0.1) is 0 Å². The first kappa shape index (κ1) is 21.1. The van der Waals surface area contributed by atoms with Crippen molar-refractivity contribution in [1.29, 1.82) is 0 Å². The average Bonchev–Trinajstić information content (AvgIpc) is 3.13. The van der Waals surface area contributed by atoms with Crippen molar-refractivity contribution in [3.05, 3.63) is 70.7 Å². The lowest BCUT2D eigenvalue weighted by atomic mass is 10.1. The second kappa shape index (κ2) is 9.71. The molecule has 1 unspecified atom stereocenters. The smallest absolute Gasteiger partial charge is 0.341 e. The summed E-state index contributed by atoms with van der Waals surface area (Å²) in [5, 5.41) is 3.26. The fourth-order valence-corrected chi connectivity index (χ4v) is 4.03. The molecule has 1 aromatic heterocycles. The molecule has 5 nitrogen and oxygen atoms in total. The van der Waals surface area contributed by atoms with Gasteiger partial charge in [0.1, 0.15) is 10.8 Å². The number of thiophene rings is 1. The molecular formula is C22H20BrNO4S. The molecule has 0 bridgehead atoms. The summed E-state index contributed by atoms with van der Waals surface area (Å²) >= 11 is 4.70. The van der Waals surface area contributed by atoms with Crippen LogP contribution in [0.2, 0.25) is 0 Å². The third-order valence-corrected chi connectivity index (χ3v) is 5.59. The fourth-order valence-electron chi connectivity index (χ4n) is 2.60. The summed E-state index contributed by atoms with van der Waals surface area (Å²) in [6, 6.07) is 18.7. The Kier molecular flexibility index (Phi) is 7.06. The molecule has 0 aliphatic rings. The molecule has 0 saturated heterocycles. The van der Waals surface area contributed by atoms with Crippen molar-refractivity contribution in [2.45, 2.75) is 20.0 Å². The fraction of sp³-hybridized carbons (Fsp3) is 0.182. The molecule has 29 heavy (non-hydrogen) atoms. The van der Waals surface area contributed by atoms with Crippen LogP contribution in [0.3, 0.4) is 0 Å². The summed E-state index contributed by atoms with van der Waals surface area (Å²) in [7, 11) is 0. The average molecular weight is 474 g/mol. The highest BCUT2D eigenvalue weighted by atomic mass is 79.9. The highest BCUT2D eigenvalue weighted by Gasteiger charge is 2.22. The van der Waals surface area contributed by atoms with Crippen LogP contribution < -0.4 is 10.1 Å². The number of hydrogen-bond acceptors (Lipinski definition) is 5. The van der Waals surface area contributed by atoms with Crippen molar-refractivity contribution in [2.24, 2.45) is 0 Å². The number of anilines is 1. The van der Waals surface area contributed by atoms with Crippen molar-refractivity contribution in [1.82, 2.24) is 0 Å². The maximum Gasteiger partial charge on any atom is 0.341 e. The number of halogens is 1. The van der Waals surface area contributed by atoms with Gasteiger partial charge in [-0.15, -0.1) is 11.3 Å². The largest absolute Gasteiger partial charge is 0.481 e. The lowest BCUT2D eigenvalue weighted by Crippen LogP contribution is -2.30.